The summed E-state index contributed by atoms with van der Waals surface area (Å²) >= 11 is 2.54. The average Bonchev–Trinajstić information content (AvgIpc) is 3.36. The van der Waals surface area contributed by atoms with E-state index in [0.717, 1.165) is 0 Å². The van der Waals surface area contributed by atoms with Crippen molar-refractivity contribution < 1.29 is 0 Å². The Labute approximate surface area is 247 Å². The molecule has 1 aromatic heterocycles. The molecule has 190 valence electrons. The standard InChI is InChI=1S/C35H28INP2/c1-27-25-26-34(39(30-19-10-4-11-20-30)31-21-12-5-13-22-31)37(27)35-32(36)23-14-24-33(35)38(28-15-6-2-7-16-28)29-17-8-3-9-18-29/h2-26H,1H3. The Bertz CT molecular complexity index is 1590. The maximum atomic E-state index is 2.55. The summed E-state index contributed by atoms with van der Waals surface area (Å²) in [5.41, 5.74) is 3.90. The van der Waals surface area contributed by atoms with E-state index in [0.29, 0.717) is 0 Å². The van der Waals surface area contributed by atoms with Crippen molar-refractivity contribution in [2.45, 2.75) is 6.92 Å². The van der Waals surface area contributed by atoms with Crippen molar-refractivity contribution in [3.05, 3.63) is 161 Å². The summed E-state index contributed by atoms with van der Waals surface area (Å²) in [6, 6.07) is 55.5. The van der Waals surface area contributed by atoms with Crippen LogP contribution >= 0.6 is 38.4 Å². The van der Waals surface area contributed by atoms with Gasteiger partial charge in [0, 0.05) is 22.5 Å². The highest BCUT2D eigenvalue weighted by atomic mass is 127. The van der Waals surface area contributed by atoms with E-state index >= 15 is 0 Å². The van der Waals surface area contributed by atoms with Gasteiger partial charge >= 0.3 is 0 Å². The zero-order valence-corrected chi connectivity index (χ0v) is 25.6. The molecule has 1 nitrogen and oxygen atoms in total. The van der Waals surface area contributed by atoms with E-state index in [4.69, 9.17) is 0 Å². The molecule has 0 saturated heterocycles. The third-order valence-electron chi connectivity index (χ3n) is 6.77. The summed E-state index contributed by atoms with van der Waals surface area (Å²) in [6.07, 6.45) is 0. The predicted molar refractivity (Wildman–Crippen MR) is 181 cm³/mol. The number of aromatic nitrogens is 1. The highest BCUT2D eigenvalue weighted by Gasteiger charge is 2.27. The molecule has 39 heavy (non-hydrogen) atoms. The van der Waals surface area contributed by atoms with Gasteiger partial charge in [-0.1, -0.05) is 133 Å². The summed E-state index contributed by atoms with van der Waals surface area (Å²) in [7, 11) is -1.51. The molecule has 0 aliphatic carbocycles. The van der Waals surface area contributed by atoms with Crippen molar-refractivity contribution in [2.24, 2.45) is 0 Å². The summed E-state index contributed by atoms with van der Waals surface area (Å²) in [4.78, 5) is 0. The molecule has 0 atom stereocenters. The maximum absolute atomic E-state index is 2.55. The van der Waals surface area contributed by atoms with E-state index in [-0.39, 0.29) is 0 Å². The number of rotatable bonds is 7. The molecule has 6 rings (SSSR count). The normalized spacial score (nSPS) is 11.3. The number of para-hydroxylation sites is 1. The Morgan fingerprint density at radius 3 is 1.36 bits per heavy atom. The largest absolute Gasteiger partial charge is 0.312 e. The van der Waals surface area contributed by atoms with Crippen LogP contribution in [0.25, 0.3) is 5.69 Å². The molecular weight excluding hydrogens is 623 g/mol. The van der Waals surface area contributed by atoms with Crippen LogP contribution in [0.2, 0.25) is 0 Å². The summed E-state index contributed by atoms with van der Waals surface area (Å²) in [5.74, 6) is 0. The molecular formula is C35H28INP2. The summed E-state index contributed by atoms with van der Waals surface area (Å²) in [6.45, 7) is 2.24. The van der Waals surface area contributed by atoms with Crippen molar-refractivity contribution in [3.8, 4) is 5.69 Å². The van der Waals surface area contributed by atoms with Gasteiger partial charge in [-0.15, -0.1) is 0 Å². The number of nitrogens with zero attached hydrogens (tertiary/aromatic N) is 1. The van der Waals surface area contributed by atoms with Crippen LogP contribution in [0.1, 0.15) is 5.69 Å². The maximum Gasteiger partial charge on any atom is 0.0675 e. The van der Waals surface area contributed by atoms with Crippen LogP contribution in [0.15, 0.2) is 152 Å². The van der Waals surface area contributed by atoms with E-state index in [1.165, 1.54) is 46.9 Å². The molecule has 0 fully saturated rings. The first kappa shape index (κ1) is 26.2. The molecule has 0 spiro atoms. The molecule has 5 aromatic carbocycles. The van der Waals surface area contributed by atoms with Crippen molar-refractivity contribution in [3.63, 3.8) is 0 Å². The van der Waals surface area contributed by atoms with Crippen molar-refractivity contribution >= 4 is 70.4 Å². The molecule has 0 bridgehead atoms. The third kappa shape index (κ3) is 5.39. The first-order valence-corrected chi connectivity index (χ1v) is 16.8. The molecule has 4 heteroatoms. The minimum Gasteiger partial charge on any atom is -0.312 e. The molecule has 0 aliphatic rings. The van der Waals surface area contributed by atoms with Gasteiger partial charge in [-0.05, 0) is 76.9 Å². The van der Waals surface area contributed by atoms with Crippen LogP contribution in [0, 0.1) is 10.5 Å². The fourth-order valence-electron chi connectivity index (χ4n) is 5.05. The SMILES string of the molecule is Cc1ccc(P(c2ccccc2)c2ccccc2)n1-c1c(I)cccc1P(c1ccccc1)c1ccccc1. The van der Waals surface area contributed by atoms with Gasteiger partial charge in [0.05, 0.1) is 11.1 Å². The lowest BCUT2D eigenvalue weighted by atomic mass is 10.3. The predicted octanol–water partition coefficient (Wildman–Crippen LogP) is 6.91. The quantitative estimate of drug-likeness (QED) is 0.131. The average molecular weight is 651 g/mol. The van der Waals surface area contributed by atoms with Crippen molar-refractivity contribution in [1.82, 2.24) is 4.57 Å². The Balaban J connectivity index is 1.62. The van der Waals surface area contributed by atoms with Crippen LogP contribution in [-0.4, -0.2) is 4.57 Å². The smallest absolute Gasteiger partial charge is 0.0675 e. The number of hydrogen-bond donors (Lipinski definition) is 0. The van der Waals surface area contributed by atoms with Gasteiger partial charge < -0.3 is 4.57 Å². The Morgan fingerprint density at radius 2 is 0.897 bits per heavy atom. The molecule has 0 aliphatic heterocycles. The fourth-order valence-corrected chi connectivity index (χ4v) is 10.9. The van der Waals surface area contributed by atoms with Gasteiger partial charge in [0.1, 0.15) is 0 Å². The zero-order chi connectivity index (χ0) is 26.6. The number of hydrogen-bond acceptors (Lipinski definition) is 0. The Morgan fingerprint density at radius 1 is 0.462 bits per heavy atom. The van der Waals surface area contributed by atoms with Crippen LogP contribution in [-0.2, 0) is 0 Å². The Hall–Kier alpha value is -3.03. The lowest BCUT2D eigenvalue weighted by Gasteiger charge is -2.27. The van der Waals surface area contributed by atoms with E-state index in [1.54, 1.807) is 0 Å². The van der Waals surface area contributed by atoms with Crippen molar-refractivity contribution in [2.75, 3.05) is 0 Å². The summed E-state index contributed by atoms with van der Waals surface area (Å²) in [5, 5.41) is 6.83. The topological polar surface area (TPSA) is 4.93 Å². The molecule has 1 heterocycles. The first-order chi connectivity index (χ1) is 19.2. The van der Waals surface area contributed by atoms with Gasteiger partial charge in [0.2, 0.25) is 0 Å². The van der Waals surface area contributed by atoms with Gasteiger partial charge in [0.25, 0.3) is 0 Å². The van der Waals surface area contributed by atoms with Crippen LogP contribution in [0.4, 0.5) is 0 Å². The molecule has 6 aromatic rings. The lowest BCUT2D eigenvalue weighted by Crippen LogP contribution is -2.31. The number of halogens is 1. The van der Waals surface area contributed by atoms with E-state index in [9.17, 15) is 0 Å². The highest BCUT2D eigenvalue weighted by molar-refractivity contribution is 14.1. The molecule has 0 unspecified atom stereocenters. The lowest BCUT2D eigenvalue weighted by molar-refractivity contribution is 1.05. The number of benzene rings is 5. The van der Waals surface area contributed by atoms with Crippen LogP contribution < -0.4 is 32.0 Å². The van der Waals surface area contributed by atoms with E-state index in [2.05, 4.69) is 186 Å². The van der Waals surface area contributed by atoms with E-state index in [1.807, 2.05) is 0 Å². The summed E-state index contributed by atoms with van der Waals surface area (Å²) < 4.78 is 3.81. The van der Waals surface area contributed by atoms with Gasteiger partial charge in [0.15, 0.2) is 0 Å². The van der Waals surface area contributed by atoms with Gasteiger partial charge in [-0.2, -0.15) is 0 Å². The van der Waals surface area contributed by atoms with Crippen LogP contribution in [0.3, 0.4) is 0 Å². The molecule has 0 N–H and O–H groups in total. The minimum atomic E-state index is -0.759. The minimum absolute atomic E-state index is 0.755. The highest BCUT2D eigenvalue weighted by Crippen LogP contribution is 2.39. The molecule has 0 amide bonds. The zero-order valence-electron chi connectivity index (χ0n) is 21.7. The second-order valence-electron chi connectivity index (χ2n) is 9.29. The van der Waals surface area contributed by atoms with Gasteiger partial charge in [-0.3, -0.25) is 0 Å². The Kier molecular flexibility index (Phi) is 8.07. The second-order valence-corrected chi connectivity index (χ2v) is 14.8. The first-order valence-electron chi connectivity index (χ1n) is 13.0. The number of aryl methyl sites for hydroxylation is 1. The van der Waals surface area contributed by atoms with Crippen LogP contribution in [0.5, 0.6) is 0 Å². The third-order valence-corrected chi connectivity index (χ3v) is 12.6. The second kappa shape index (κ2) is 12.0. The van der Waals surface area contributed by atoms with Gasteiger partial charge in [-0.25, -0.2) is 0 Å². The van der Waals surface area contributed by atoms with Crippen molar-refractivity contribution in [1.29, 1.82) is 0 Å². The molecule has 0 saturated carbocycles. The molecule has 0 radical (unpaired) electrons. The monoisotopic (exact) mass is 651 g/mol. The van der Waals surface area contributed by atoms with E-state index < -0.39 is 15.8 Å². The fraction of sp³-hybridized carbons (Fsp3) is 0.0286.